The van der Waals surface area contributed by atoms with Gasteiger partial charge in [-0.3, -0.25) is 9.58 Å². The molecule has 5 nitrogen and oxygen atoms in total. The molecule has 0 amide bonds. The molecule has 2 heterocycles. The Balaban J connectivity index is 1.81. The van der Waals surface area contributed by atoms with Crippen LogP contribution in [-0.2, 0) is 6.54 Å². The summed E-state index contributed by atoms with van der Waals surface area (Å²) in [5.41, 5.74) is 5.77. The first-order valence-corrected chi connectivity index (χ1v) is 5.66. The van der Waals surface area contributed by atoms with Crippen molar-refractivity contribution >= 4 is 0 Å². The summed E-state index contributed by atoms with van der Waals surface area (Å²) in [4.78, 5) is 6.41. The van der Waals surface area contributed by atoms with E-state index in [-0.39, 0.29) is 0 Å². The summed E-state index contributed by atoms with van der Waals surface area (Å²) in [5.74, 6) is 0. The second-order valence-electron chi connectivity index (χ2n) is 4.08. The fraction of sp³-hybridized carbons (Fsp3) is 0.800. The largest absolute Gasteiger partial charge is 0.329 e. The van der Waals surface area contributed by atoms with Crippen molar-refractivity contribution in [1.29, 1.82) is 0 Å². The number of aromatic nitrogens is 3. The highest BCUT2D eigenvalue weighted by molar-refractivity contribution is 4.77. The maximum Gasteiger partial charge on any atom is 0.137 e. The molecule has 1 unspecified atom stereocenters. The van der Waals surface area contributed by atoms with Gasteiger partial charge in [-0.15, -0.1) is 0 Å². The Hall–Kier alpha value is -0.940. The van der Waals surface area contributed by atoms with Crippen molar-refractivity contribution in [3.05, 3.63) is 12.7 Å². The number of likely N-dealkylation sites (tertiary alicyclic amines) is 1. The quantitative estimate of drug-likeness (QED) is 0.763. The Bertz CT molecular complexity index is 271. The molecule has 1 aromatic rings. The minimum atomic E-state index is 0.572. The van der Waals surface area contributed by atoms with Crippen molar-refractivity contribution < 1.29 is 0 Å². The highest BCUT2D eigenvalue weighted by Crippen LogP contribution is 2.15. The normalized spacial score (nSPS) is 23.1. The van der Waals surface area contributed by atoms with Crippen LogP contribution >= 0.6 is 0 Å². The van der Waals surface area contributed by atoms with E-state index in [1.54, 1.807) is 12.7 Å². The Labute approximate surface area is 90.3 Å². The van der Waals surface area contributed by atoms with Crippen LogP contribution in [0.4, 0.5) is 0 Å². The minimum absolute atomic E-state index is 0.572. The van der Waals surface area contributed by atoms with Gasteiger partial charge in [0, 0.05) is 19.1 Å². The first-order valence-electron chi connectivity index (χ1n) is 5.66. The summed E-state index contributed by atoms with van der Waals surface area (Å²) in [7, 11) is 0. The maximum absolute atomic E-state index is 5.77. The van der Waals surface area contributed by atoms with Crippen LogP contribution in [-0.4, -0.2) is 45.3 Å². The molecule has 15 heavy (non-hydrogen) atoms. The monoisotopic (exact) mass is 209 g/mol. The first kappa shape index (κ1) is 10.6. The topological polar surface area (TPSA) is 60.0 Å². The molecule has 0 saturated carbocycles. The molecule has 1 atom stereocenters. The second-order valence-corrected chi connectivity index (χ2v) is 4.08. The number of rotatable bonds is 4. The maximum atomic E-state index is 5.77. The van der Waals surface area contributed by atoms with Crippen molar-refractivity contribution in [2.75, 3.05) is 19.6 Å². The Kier molecular flexibility index (Phi) is 3.69. The van der Waals surface area contributed by atoms with Crippen LogP contribution in [0.15, 0.2) is 12.7 Å². The van der Waals surface area contributed by atoms with E-state index in [1.165, 1.54) is 25.8 Å². The van der Waals surface area contributed by atoms with Gasteiger partial charge in [0.15, 0.2) is 0 Å². The molecule has 0 aliphatic carbocycles. The predicted molar refractivity (Wildman–Crippen MR) is 58.3 cm³/mol. The van der Waals surface area contributed by atoms with E-state index in [0.29, 0.717) is 6.04 Å². The summed E-state index contributed by atoms with van der Waals surface area (Å²) in [6.07, 6.45) is 7.21. The SMILES string of the molecule is NCC1CCCCN1CCn1cncn1. The third-order valence-corrected chi connectivity index (χ3v) is 3.10. The lowest BCUT2D eigenvalue weighted by molar-refractivity contribution is 0.146. The molecule has 0 spiro atoms. The summed E-state index contributed by atoms with van der Waals surface area (Å²) in [6.45, 7) is 3.90. The van der Waals surface area contributed by atoms with Crippen LogP contribution in [0.5, 0.6) is 0 Å². The van der Waals surface area contributed by atoms with Crippen molar-refractivity contribution in [3.8, 4) is 0 Å². The zero-order valence-electron chi connectivity index (χ0n) is 9.05. The van der Waals surface area contributed by atoms with Crippen LogP contribution in [0.1, 0.15) is 19.3 Å². The van der Waals surface area contributed by atoms with E-state index in [1.807, 2.05) is 4.68 Å². The van der Waals surface area contributed by atoms with E-state index in [4.69, 9.17) is 5.73 Å². The van der Waals surface area contributed by atoms with Gasteiger partial charge in [-0.2, -0.15) is 5.10 Å². The fourth-order valence-electron chi connectivity index (χ4n) is 2.20. The Morgan fingerprint density at radius 2 is 2.27 bits per heavy atom. The van der Waals surface area contributed by atoms with Gasteiger partial charge >= 0.3 is 0 Å². The van der Waals surface area contributed by atoms with Gasteiger partial charge in [-0.1, -0.05) is 6.42 Å². The van der Waals surface area contributed by atoms with Gasteiger partial charge in [0.25, 0.3) is 0 Å². The number of piperidine rings is 1. The smallest absolute Gasteiger partial charge is 0.137 e. The van der Waals surface area contributed by atoms with E-state index >= 15 is 0 Å². The molecule has 1 aromatic heterocycles. The van der Waals surface area contributed by atoms with Crippen LogP contribution in [0.3, 0.4) is 0 Å². The van der Waals surface area contributed by atoms with E-state index in [2.05, 4.69) is 15.0 Å². The molecule has 1 aliphatic heterocycles. The third-order valence-electron chi connectivity index (χ3n) is 3.10. The molecule has 0 aromatic carbocycles. The lowest BCUT2D eigenvalue weighted by Crippen LogP contribution is -2.45. The van der Waals surface area contributed by atoms with Crippen molar-refractivity contribution in [3.63, 3.8) is 0 Å². The molecule has 1 fully saturated rings. The van der Waals surface area contributed by atoms with Crippen molar-refractivity contribution in [1.82, 2.24) is 19.7 Å². The molecule has 2 N–H and O–H groups in total. The number of hydrogen-bond donors (Lipinski definition) is 1. The molecular formula is C10H19N5. The number of nitrogens with zero attached hydrogens (tertiary/aromatic N) is 4. The van der Waals surface area contributed by atoms with Gasteiger partial charge in [0.1, 0.15) is 12.7 Å². The van der Waals surface area contributed by atoms with Gasteiger partial charge in [-0.05, 0) is 19.4 Å². The Morgan fingerprint density at radius 1 is 1.33 bits per heavy atom. The molecule has 0 bridgehead atoms. The van der Waals surface area contributed by atoms with Crippen LogP contribution in [0.2, 0.25) is 0 Å². The van der Waals surface area contributed by atoms with Gasteiger partial charge in [-0.25, -0.2) is 4.98 Å². The minimum Gasteiger partial charge on any atom is -0.329 e. The van der Waals surface area contributed by atoms with Gasteiger partial charge in [0.2, 0.25) is 0 Å². The van der Waals surface area contributed by atoms with E-state index in [9.17, 15) is 0 Å². The molecule has 1 saturated heterocycles. The summed E-state index contributed by atoms with van der Waals surface area (Å²) in [6, 6.07) is 0.572. The lowest BCUT2D eigenvalue weighted by atomic mass is 10.0. The second kappa shape index (κ2) is 5.23. The van der Waals surface area contributed by atoms with Crippen LogP contribution < -0.4 is 5.73 Å². The molecule has 2 rings (SSSR count). The average molecular weight is 209 g/mol. The summed E-state index contributed by atoms with van der Waals surface area (Å²) in [5, 5.41) is 4.10. The van der Waals surface area contributed by atoms with E-state index in [0.717, 1.165) is 19.6 Å². The molecule has 5 heteroatoms. The molecule has 0 radical (unpaired) electrons. The average Bonchev–Trinajstić information content (AvgIpc) is 2.79. The highest BCUT2D eigenvalue weighted by Gasteiger charge is 2.20. The van der Waals surface area contributed by atoms with Crippen molar-refractivity contribution in [2.24, 2.45) is 5.73 Å². The third kappa shape index (κ3) is 2.76. The zero-order valence-corrected chi connectivity index (χ0v) is 9.05. The van der Waals surface area contributed by atoms with Crippen LogP contribution in [0.25, 0.3) is 0 Å². The number of nitrogens with two attached hydrogens (primary N) is 1. The first-order chi connectivity index (χ1) is 7.40. The Morgan fingerprint density at radius 3 is 3.00 bits per heavy atom. The zero-order chi connectivity index (χ0) is 10.5. The van der Waals surface area contributed by atoms with Crippen molar-refractivity contribution in [2.45, 2.75) is 31.8 Å². The van der Waals surface area contributed by atoms with Crippen LogP contribution in [0, 0.1) is 0 Å². The molecular weight excluding hydrogens is 190 g/mol. The lowest BCUT2D eigenvalue weighted by Gasteiger charge is -2.34. The predicted octanol–water partition coefficient (Wildman–Crippen LogP) is 0.0913. The number of hydrogen-bond acceptors (Lipinski definition) is 4. The highest BCUT2D eigenvalue weighted by atomic mass is 15.3. The van der Waals surface area contributed by atoms with Gasteiger partial charge < -0.3 is 5.73 Å². The van der Waals surface area contributed by atoms with E-state index < -0.39 is 0 Å². The summed E-state index contributed by atoms with van der Waals surface area (Å²) >= 11 is 0. The molecule has 1 aliphatic rings. The van der Waals surface area contributed by atoms with Gasteiger partial charge in [0.05, 0.1) is 6.54 Å². The standard InChI is InChI=1S/C10H19N5/c11-7-10-3-1-2-4-14(10)5-6-15-9-12-8-13-15/h8-10H,1-7,11H2. The summed E-state index contributed by atoms with van der Waals surface area (Å²) < 4.78 is 1.88. The fourth-order valence-corrected chi connectivity index (χ4v) is 2.20. The molecule has 84 valence electrons.